The lowest BCUT2D eigenvalue weighted by atomic mass is 10.3. The van der Waals surface area contributed by atoms with Crippen LogP contribution in [0.1, 0.15) is 0 Å². The summed E-state index contributed by atoms with van der Waals surface area (Å²) in [5.41, 5.74) is 0. The first kappa shape index (κ1) is 14.9. The molecule has 2 aromatic rings. The Bertz CT molecular complexity index is 643. The summed E-state index contributed by atoms with van der Waals surface area (Å²) in [5, 5.41) is 0.941. The van der Waals surface area contributed by atoms with Crippen molar-refractivity contribution in [2.24, 2.45) is 0 Å². The monoisotopic (exact) mass is 354 g/mol. The Morgan fingerprint density at radius 1 is 0.579 bits per heavy atom. The smallest absolute Gasteiger partial charge is 0.206 e. The molecule has 0 saturated carbocycles. The van der Waals surface area contributed by atoms with E-state index in [9.17, 15) is 8.42 Å². The Hall–Kier alpha value is -0.450. The molecule has 0 radical (unpaired) electrons. The van der Waals surface area contributed by atoms with Crippen LogP contribution in [0.5, 0.6) is 0 Å². The van der Waals surface area contributed by atoms with E-state index in [2.05, 4.69) is 0 Å². The summed E-state index contributed by atoms with van der Waals surface area (Å²) < 4.78 is 24.8. The van der Waals surface area contributed by atoms with Crippen molar-refractivity contribution in [3.8, 4) is 0 Å². The lowest BCUT2D eigenvalue weighted by Crippen LogP contribution is -2.02. The average Bonchev–Trinajstić information content (AvgIpc) is 2.26. The second kappa shape index (κ2) is 5.51. The molecule has 0 saturated heterocycles. The van der Waals surface area contributed by atoms with Gasteiger partial charge < -0.3 is 0 Å². The highest BCUT2D eigenvalue weighted by atomic mass is 35.5. The molecule has 19 heavy (non-hydrogen) atoms. The van der Waals surface area contributed by atoms with Gasteiger partial charge >= 0.3 is 0 Å². The molecule has 2 rings (SSSR count). The Kier molecular flexibility index (Phi) is 4.33. The molecule has 0 unspecified atom stereocenters. The highest BCUT2D eigenvalue weighted by Crippen LogP contribution is 2.30. The summed E-state index contributed by atoms with van der Waals surface area (Å²) in [6, 6.07) is 8.17. The molecule has 7 heteroatoms. The Morgan fingerprint density at radius 3 is 1.11 bits per heavy atom. The number of hydrogen-bond acceptors (Lipinski definition) is 2. The molecular formula is C12H6Cl4O2S. The molecule has 0 aliphatic rings. The third kappa shape index (κ3) is 3.36. The predicted molar refractivity (Wildman–Crippen MR) is 78.4 cm³/mol. The number of hydrogen-bond donors (Lipinski definition) is 0. The highest BCUT2D eigenvalue weighted by Gasteiger charge is 2.20. The molecule has 0 N–H and O–H groups in total. The van der Waals surface area contributed by atoms with E-state index < -0.39 is 9.84 Å². The minimum atomic E-state index is -3.77. The fourth-order valence-electron chi connectivity index (χ4n) is 1.50. The van der Waals surface area contributed by atoms with Gasteiger partial charge in [-0.25, -0.2) is 8.42 Å². The zero-order valence-electron chi connectivity index (χ0n) is 9.20. The van der Waals surface area contributed by atoms with Crippen molar-refractivity contribution in [2.75, 3.05) is 0 Å². The fourth-order valence-corrected chi connectivity index (χ4v) is 4.21. The van der Waals surface area contributed by atoms with Crippen LogP contribution in [0.4, 0.5) is 0 Å². The largest absolute Gasteiger partial charge is 0.219 e. The molecule has 0 spiro atoms. The van der Waals surface area contributed by atoms with Crippen molar-refractivity contribution in [2.45, 2.75) is 9.79 Å². The van der Waals surface area contributed by atoms with Crippen LogP contribution in [0.2, 0.25) is 20.1 Å². The minimum absolute atomic E-state index is 0.0108. The molecule has 0 atom stereocenters. The highest BCUT2D eigenvalue weighted by molar-refractivity contribution is 7.91. The summed E-state index contributed by atoms with van der Waals surface area (Å²) in [4.78, 5) is -0.0216. The lowest BCUT2D eigenvalue weighted by Gasteiger charge is -2.07. The SMILES string of the molecule is O=S(=O)(c1cc(Cl)cc(Cl)c1)c1cc(Cl)cc(Cl)c1. The number of benzene rings is 2. The molecule has 0 aliphatic heterocycles. The molecule has 0 aromatic heterocycles. The second-order valence-electron chi connectivity index (χ2n) is 3.71. The zero-order valence-corrected chi connectivity index (χ0v) is 13.0. The van der Waals surface area contributed by atoms with E-state index >= 15 is 0 Å². The van der Waals surface area contributed by atoms with E-state index in [0.29, 0.717) is 0 Å². The van der Waals surface area contributed by atoms with Gasteiger partial charge in [-0.1, -0.05) is 46.4 Å². The molecule has 2 aromatic carbocycles. The van der Waals surface area contributed by atoms with Crippen molar-refractivity contribution in [1.29, 1.82) is 0 Å². The van der Waals surface area contributed by atoms with E-state index in [1.165, 1.54) is 36.4 Å². The summed E-state index contributed by atoms with van der Waals surface area (Å²) in [7, 11) is -3.77. The van der Waals surface area contributed by atoms with Gasteiger partial charge in [0.05, 0.1) is 9.79 Å². The van der Waals surface area contributed by atoms with Crippen LogP contribution in [0, 0.1) is 0 Å². The molecule has 0 bridgehead atoms. The molecule has 2 nitrogen and oxygen atoms in total. The van der Waals surface area contributed by atoms with E-state index in [-0.39, 0.29) is 29.9 Å². The van der Waals surface area contributed by atoms with Crippen molar-refractivity contribution in [3.63, 3.8) is 0 Å². The third-order valence-electron chi connectivity index (χ3n) is 2.29. The maximum absolute atomic E-state index is 12.4. The van der Waals surface area contributed by atoms with E-state index in [0.717, 1.165) is 0 Å². The first-order chi connectivity index (χ1) is 8.79. The van der Waals surface area contributed by atoms with Crippen LogP contribution in [0.15, 0.2) is 46.2 Å². The van der Waals surface area contributed by atoms with Crippen molar-refractivity contribution in [1.82, 2.24) is 0 Å². The Balaban J connectivity index is 2.65. The predicted octanol–water partition coefficient (Wildman–Crippen LogP) is 5.13. The van der Waals surface area contributed by atoms with E-state index in [1.807, 2.05) is 0 Å². The van der Waals surface area contributed by atoms with Crippen molar-refractivity contribution >= 4 is 56.2 Å². The maximum Gasteiger partial charge on any atom is 0.206 e. The third-order valence-corrected chi connectivity index (χ3v) is 4.88. The van der Waals surface area contributed by atoms with Gasteiger partial charge in [0.2, 0.25) is 9.84 Å². The second-order valence-corrected chi connectivity index (χ2v) is 7.41. The Labute approximate surface area is 130 Å². The van der Waals surface area contributed by atoms with Gasteiger partial charge in [0.1, 0.15) is 0 Å². The van der Waals surface area contributed by atoms with Crippen molar-refractivity contribution < 1.29 is 8.42 Å². The summed E-state index contributed by atoms with van der Waals surface area (Å²) in [5.74, 6) is 0. The van der Waals surface area contributed by atoms with Crippen LogP contribution in [0.25, 0.3) is 0 Å². The topological polar surface area (TPSA) is 34.1 Å². The van der Waals surface area contributed by atoms with Gasteiger partial charge in [-0.2, -0.15) is 0 Å². The van der Waals surface area contributed by atoms with Crippen molar-refractivity contribution in [3.05, 3.63) is 56.5 Å². The molecule has 0 fully saturated rings. The minimum Gasteiger partial charge on any atom is -0.219 e. The van der Waals surface area contributed by atoms with Gasteiger partial charge in [-0.3, -0.25) is 0 Å². The van der Waals surface area contributed by atoms with Crippen LogP contribution >= 0.6 is 46.4 Å². The summed E-state index contributed by atoms with van der Waals surface area (Å²) in [6.07, 6.45) is 0. The summed E-state index contributed by atoms with van der Waals surface area (Å²) >= 11 is 23.2. The zero-order chi connectivity index (χ0) is 14.2. The molecular weight excluding hydrogens is 350 g/mol. The number of sulfone groups is 1. The van der Waals surface area contributed by atoms with Crippen LogP contribution in [-0.2, 0) is 9.84 Å². The van der Waals surface area contributed by atoms with Gasteiger partial charge in [-0.15, -0.1) is 0 Å². The van der Waals surface area contributed by atoms with E-state index in [1.54, 1.807) is 0 Å². The molecule has 0 heterocycles. The average molecular weight is 356 g/mol. The van der Waals surface area contributed by atoms with Gasteiger partial charge in [0.25, 0.3) is 0 Å². The normalized spacial score (nSPS) is 11.6. The van der Waals surface area contributed by atoms with Gasteiger partial charge in [0, 0.05) is 20.1 Å². The van der Waals surface area contributed by atoms with Gasteiger partial charge in [0.15, 0.2) is 0 Å². The molecule has 0 aliphatic carbocycles. The quantitative estimate of drug-likeness (QED) is 0.747. The first-order valence-electron chi connectivity index (χ1n) is 4.96. The van der Waals surface area contributed by atoms with Crippen LogP contribution < -0.4 is 0 Å². The maximum atomic E-state index is 12.4. The number of halogens is 4. The number of rotatable bonds is 2. The van der Waals surface area contributed by atoms with Gasteiger partial charge in [-0.05, 0) is 36.4 Å². The fraction of sp³-hybridized carbons (Fsp3) is 0. The summed E-state index contributed by atoms with van der Waals surface area (Å²) in [6.45, 7) is 0. The van der Waals surface area contributed by atoms with E-state index in [4.69, 9.17) is 46.4 Å². The first-order valence-corrected chi connectivity index (χ1v) is 7.96. The standard InChI is InChI=1S/C12H6Cl4O2S/c13-7-1-8(14)4-11(3-7)19(17,18)12-5-9(15)2-10(16)6-12/h1-6H. The Morgan fingerprint density at radius 2 is 0.842 bits per heavy atom. The molecule has 100 valence electrons. The van der Waals surface area contributed by atoms with Crippen LogP contribution in [-0.4, -0.2) is 8.42 Å². The molecule has 0 amide bonds. The van der Waals surface area contributed by atoms with Crippen LogP contribution in [0.3, 0.4) is 0 Å². The lowest BCUT2D eigenvalue weighted by molar-refractivity contribution is 0.596.